The van der Waals surface area contributed by atoms with E-state index in [1.807, 2.05) is 17.9 Å². The van der Waals surface area contributed by atoms with Gasteiger partial charge in [0.2, 0.25) is 0 Å². The third-order valence-corrected chi connectivity index (χ3v) is 11.8. The van der Waals surface area contributed by atoms with Crippen LogP contribution < -0.4 is 9.64 Å². The number of carbonyl (C=O) groups is 1. The minimum absolute atomic E-state index is 0.00366. The summed E-state index contributed by atoms with van der Waals surface area (Å²) in [6, 6.07) is 9.86. The van der Waals surface area contributed by atoms with Gasteiger partial charge in [0.05, 0.1) is 29.8 Å². The van der Waals surface area contributed by atoms with Crippen molar-refractivity contribution in [1.82, 2.24) is 34.7 Å². The Morgan fingerprint density at radius 1 is 1.07 bits per heavy atom. The van der Waals surface area contributed by atoms with Gasteiger partial charge >= 0.3 is 6.01 Å². The molecule has 0 aliphatic carbocycles. The van der Waals surface area contributed by atoms with Crippen LogP contribution in [0.4, 0.5) is 23.4 Å². The predicted octanol–water partition coefficient (Wildman–Crippen LogP) is 6.17. The summed E-state index contributed by atoms with van der Waals surface area (Å²) in [5.41, 5.74) is -0.321. The Bertz CT molecular complexity index is 2410. The van der Waals surface area contributed by atoms with E-state index in [1.54, 1.807) is 25.1 Å². The summed E-state index contributed by atoms with van der Waals surface area (Å²) in [6.07, 6.45) is 5.51. The molecule has 2 aromatic carbocycles. The first-order chi connectivity index (χ1) is 27.1. The van der Waals surface area contributed by atoms with E-state index >= 15 is 13.2 Å². The number of hydrogen-bond acceptors (Lipinski definition) is 10. The lowest BCUT2D eigenvalue weighted by molar-refractivity contribution is -0.167. The zero-order chi connectivity index (χ0) is 38.8. The fourth-order valence-corrected chi connectivity index (χ4v) is 9.07. The van der Waals surface area contributed by atoms with Gasteiger partial charge in [-0.3, -0.25) is 14.7 Å². The molecule has 290 valence electrons. The number of aromatic nitrogens is 5. The predicted molar refractivity (Wildman–Crippen MR) is 201 cm³/mol. The Hall–Kier alpha value is -5.28. The van der Waals surface area contributed by atoms with Crippen molar-refractivity contribution < 1.29 is 31.8 Å². The molecular weight excluding hydrogens is 728 g/mol. The lowest BCUT2D eigenvalue weighted by Gasteiger charge is -2.55. The number of amides is 1. The molecule has 0 bridgehead atoms. The van der Waals surface area contributed by atoms with E-state index in [0.717, 1.165) is 30.8 Å². The van der Waals surface area contributed by atoms with Crippen LogP contribution in [-0.4, -0.2) is 110 Å². The van der Waals surface area contributed by atoms with Crippen LogP contribution in [0.5, 0.6) is 6.01 Å². The number of ether oxygens (including phenoxy) is 2. The maximum atomic E-state index is 17.1. The topological polar surface area (TPSA) is 110 Å². The summed E-state index contributed by atoms with van der Waals surface area (Å²) in [5.74, 6) is -2.11. The lowest BCUT2D eigenvalue weighted by atomic mass is 9.91. The van der Waals surface area contributed by atoms with Crippen LogP contribution in [0.15, 0.2) is 54.6 Å². The van der Waals surface area contributed by atoms with Crippen LogP contribution in [0.2, 0.25) is 0 Å². The monoisotopic (exact) mass is 768 g/mol. The van der Waals surface area contributed by atoms with Crippen molar-refractivity contribution in [2.24, 2.45) is 0 Å². The van der Waals surface area contributed by atoms with E-state index < -0.39 is 34.8 Å². The van der Waals surface area contributed by atoms with Crippen molar-refractivity contribution in [1.29, 1.82) is 0 Å². The van der Waals surface area contributed by atoms with Gasteiger partial charge in [0, 0.05) is 56.6 Å². The van der Waals surface area contributed by atoms with Gasteiger partial charge in [0.25, 0.3) is 5.91 Å². The number of aryl methyl sites for hydroxylation is 2. The Morgan fingerprint density at radius 3 is 2.71 bits per heavy atom. The number of pyridine rings is 1. The normalized spacial score (nSPS) is 22.2. The van der Waals surface area contributed by atoms with Gasteiger partial charge < -0.3 is 19.3 Å². The molecule has 56 heavy (non-hydrogen) atoms. The summed E-state index contributed by atoms with van der Waals surface area (Å²) >= 11 is 0. The number of benzene rings is 2. The van der Waals surface area contributed by atoms with Crippen LogP contribution in [0.25, 0.3) is 39.0 Å². The van der Waals surface area contributed by atoms with Crippen molar-refractivity contribution in [3.05, 3.63) is 83.3 Å². The fraction of sp³-hybridized carbons (Fsp3) is 0.415. The Balaban J connectivity index is 1.11. The standard InChI is InChI=1S/C41H40F4N8O3/c1-3-28-31(43)9-8-25-6-4-7-29(33(25)28)35-34(45)36-30(18-47-35)37(50-39(49-36)56-23-40-11-5-13-52(40)19-26(42)17-40)51-14-15-53(41(20-51)21-55-22-41)38(54)32(44)16-27-10-12-46-24(2)48-27/h4,6-10,12,16,18,26H,3,5,11,13-15,17,19-23H2,1-2H3/b32-16-/t26-,40+/m1/s1. The van der Waals surface area contributed by atoms with E-state index in [0.29, 0.717) is 52.9 Å². The second kappa shape index (κ2) is 14.0. The first-order valence-corrected chi connectivity index (χ1v) is 19.0. The quantitative estimate of drug-likeness (QED) is 0.134. The Morgan fingerprint density at radius 2 is 1.93 bits per heavy atom. The third-order valence-electron chi connectivity index (χ3n) is 11.8. The first kappa shape index (κ1) is 36.4. The first-order valence-electron chi connectivity index (χ1n) is 19.0. The smallest absolute Gasteiger partial charge is 0.319 e. The second-order valence-corrected chi connectivity index (χ2v) is 15.3. The zero-order valence-corrected chi connectivity index (χ0v) is 31.1. The minimum atomic E-state index is -0.971. The van der Waals surface area contributed by atoms with Crippen LogP contribution in [0, 0.1) is 18.6 Å². The molecule has 11 nitrogen and oxygen atoms in total. The average Bonchev–Trinajstić information content (AvgIpc) is 3.71. The number of rotatable bonds is 8. The fourth-order valence-electron chi connectivity index (χ4n) is 9.07. The SMILES string of the molecule is CCc1c(F)ccc2cccc(-c3ncc4c(N5CCN(C(=O)/C(F)=C/c6ccnc(C)n6)C6(COC6)C5)nc(OC[C@@]56CCCN5C[C@H](F)C6)nc4c3F)c12. The number of fused-ring (bicyclic) bond motifs is 3. The molecule has 7 heterocycles. The molecule has 4 aliphatic rings. The zero-order valence-electron chi connectivity index (χ0n) is 31.1. The van der Waals surface area contributed by atoms with E-state index in [9.17, 15) is 9.18 Å². The van der Waals surface area contributed by atoms with Crippen molar-refractivity contribution in [3.8, 4) is 17.3 Å². The molecule has 0 N–H and O–H groups in total. The van der Waals surface area contributed by atoms with Crippen LogP contribution in [-0.2, 0) is 16.0 Å². The van der Waals surface area contributed by atoms with Crippen molar-refractivity contribution in [3.63, 3.8) is 0 Å². The molecule has 1 spiro atoms. The lowest BCUT2D eigenvalue weighted by Crippen LogP contribution is -2.73. The maximum Gasteiger partial charge on any atom is 0.319 e. The highest BCUT2D eigenvalue weighted by Crippen LogP contribution is 2.42. The Kier molecular flexibility index (Phi) is 9.11. The van der Waals surface area contributed by atoms with Crippen LogP contribution in [0.3, 0.4) is 0 Å². The van der Waals surface area contributed by atoms with Gasteiger partial charge in [-0.05, 0) is 61.2 Å². The molecular formula is C41H40F4N8O3. The van der Waals surface area contributed by atoms with Crippen LogP contribution >= 0.6 is 0 Å². The number of halogens is 4. The molecule has 3 aromatic heterocycles. The van der Waals surface area contributed by atoms with E-state index in [4.69, 9.17) is 14.5 Å². The minimum Gasteiger partial charge on any atom is -0.461 e. The third kappa shape index (κ3) is 6.11. The second-order valence-electron chi connectivity index (χ2n) is 15.3. The molecule has 0 unspecified atom stereocenters. The number of hydrogen-bond donors (Lipinski definition) is 0. The van der Waals surface area contributed by atoms with Gasteiger partial charge in [-0.2, -0.15) is 9.97 Å². The van der Waals surface area contributed by atoms with Gasteiger partial charge in [0.15, 0.2) is 11.6 Å². The van der Waals surface area contributed by atoms with Crippen LogP contribution in [0.1, 0.15) is 43.3 Å². The summed E-state index contributed by atoms with van der Waals surface area (Å²) in [5, 5.41) is 1.61. The number of nitrogens with zero attached hydrogens (tertiary/aromatic N) is 8. The number of alkyl halides is 1. The molecule has 0 saturated carbocycles. The molecule has 0 radical (unpaired) electrons. The van der Waals surface area contributed by atoms with E-state index in [-0.39, 0.29) is 68.2 Å². The highest BCUT2D eigenvalue weighted by atomic mass is 19.1. The van der Waals surface area contributed by atoms with Gasteiger partial charge in [-0.25, -0.2) is 27.5 Å². The number of anilines is 1. The van der Waals surface area contributed by atoms with Crippen molar-refractivity contribution in [2.75, 3.05) is 57.4 Å². The maximum absolute atomic E-state index is 17.1. The average molecular weight is 769 g/mol. The molecule has 1 amide bonds. The van der Waals surface area contributed by atoms with Gasteiger partial charge in [-0.15, -0.1) is 0 Å². The van der Waals surface area contributed by atoms with Crippen molar-refractivity contribution >= 4 is 39.5 Å². The molecule has 5 aromatic rings. The summed E-state index contributed by atoms with van der Waals surface area (Å²) in [7, 11) is 0. The van der Waals surface area contributed by atoms with E-state index in [1.165, 1.54) is 29.4 Å². The number of carbonyl (C=O) groups excluding carboxylic acids is 1. The Labute approximate surface area is 320 Å². The van der Waals surface area contributed by atoms with Crippen molar-refractivity contribution in [2.45, 2.75) is 56.8 Å². The molecule has 9 rings (SSSR count). The summed E-state index contributed by atoms with van der Waals surface area (Å²) in [4.78, 5) is 41.4. The highest BCUT2D eigenvalue weighted by Gasteiger charge is 2.52. The molecule has 15 heteroatoms. The summed E-state index contributed by atoms with van der Waals surface area (Å²) in [6.45, 7) is 5.57. The van der Waals surface area contributed by atoms with Gasteiger partial charge in [0.1, 0.15) is 47.0 Å². The molecule has 2 atom stereocenters. The summed E-state index contributed by atoms with van der Waals surface area (Å²) < 4.78 is 74.3. The molecule has 4 fully saturated rings. The number of piperazine rings is 1. The largest absolute Gasteiger partial charge is 0.461 e. The van der Waals surface area contributed by atoms with E-state index in [2.05, 4.69) is 24.8 Å². The molecule has 4 saturated heterocycles. The molecule has 4 aliphatic heterocycles. The highest BCUT2D eigenvalue weighted by molar-refractivity contribution is 6.01. The van der Waals surface area contributed by atoms with Gasteiger partial charge in [-0.1, -0.05) is 31.2 Å².